The van der Waals surface area contributed by atoms with Crippen LogP contribution in [0.3, 0.4) is 0 Å². The van der Waals surface area contributed by atoms with E-state index in [4.69, 9.17) is 9.47 Å². The van der Waals surface area contributed by atoms with E-state index in [0.29, 0.717) is 34.7 Å². The van der Waals surface area contributed by atoms with Crippen molar-refractivity contribution in [2.45, 2.75) is 32.5 Å². The van der Waals surface area contributed by atoms with E-state index in [-0.39, 0.29) is 30.1 Å². The molecule has 4 rings (SSSR count). The first-order chi connectivity index (χ1) is 18.2. The van der Waals surface area contributed by atoms with Gasteiger partial charge in [0.05, 0.1) is 13.7 Å². The lowest BCUT2D eigenvalue weighted by Gasteiger charge is -2.24. The molecular formula is C29H30FN3O5. The number of hydrogen-bond donors (Lipinski definition) is 2. The van der Waals surface area contributed by atoms with E-state index in [1.54, 1.807) is 67.8 Å². The molecule has 2 atom stereocenters. The Morgan fingerprint density at radius 3 is 2.26 bits per heavy atom. The number of rotatable bonds is 9. The van der Waals surface area contributed by atoms with E-state index in [2.05, 4.69) is 10.6 Å². The summed E-state index contributed by atoms with van der Waals surface area (Å²) in [5.41, 5.74) is 2.29. The zero-order valence-electron chi connectivity index (χ0n) is 21.4. The molecule has 1 aliphatic heterocycles. The minimum absolute atomic E-state index is 0.0887. The van der Waals surface area contributed by atoms with Gasteiger partial charge in [-0.1, -0.05) is 38.1 Å². The van der Waals surface area contributed by atoms with E-state index in [1.807, 2.05) is 13.8 Å². The first kappa shape index (κ1) is 26.7. The van der Waals surface area contributed by atoms with Gasteiger partial charge < -0.3 is 20.1 Å². The van der Waals surface area contributed by atoms with Gasteiger partial charge in [-0.15, -0.1) is 0 Å². The second-order valence-corrected chi connectivity index (χ2v) is 9.45. The molecule has 0 saturated carbocycles. The number of hydrogen-bond acceptors (Lipinski definition) is 5. The van der Waals surface area contributed by atoms with Crippen molar-refractivity contribution in [2.75, 3.05) is 19.0 Å². The van der Waals surface area contributed by atoms with Crippen LogP contribution in [0.2, 0.25) is 0 Å². The van der Waals surface area contributed by atoms with Crippen LogP contribution in [-0.4, -0.2) is 42.5 Å². The molecule has 0 aliphatic carbocycles. The first-order valence-corrected chi connectivity index (χ1v) is 12.3. The number of cyclic esters (lactones) is 1. The molecule has 38 heavy (non-hydrogen) atoms. The van der Waals surface area contributed by atoms with Crippen molar-refractivity contribution >= 4 is 23.6 Å². The maximum Gasteiger partial charge on any atom is 0.411 e. The second-order valence-electron chi connectivity index (χ2n) is 9.45. The SMILES string of the molecule is COc1ccc(C(=O)Nc2ccc([C@@H]3OC(=O)N(Cc4ccc(F)cc4)[C@H]3C(=O)NCC(C)C)cc2)cc1. The van der Waals surface area contributed by atoms with Crippen LogP contribution in [0.1, 0.15) is 41.4 Å². The summed E-state index contributed by atoms with van der Waals surface area (Å²) >= 11 is 0. The number of amides is 3. The van der Waals surface area contributed by atoms with Gasteiger partial charge in [0.1, 0.15) is 11.6 Å². The second kappa shape index (κ2) is 11.8. The predicted octanol–water partition coefficient (Wildman–Crippen LogP) is 4.92. The van der Waals surface area contributed by atoms with E-state index in [0.717, 1.165) is 0 Å². The summed E-state index contributed by atoms with van der Waals surface area (Å²) in [6, 6.07) is 18.4. The van der Waals surface area contributed by atoms with Crippen molar-refractivity contribution in [3.63, 3.8) is 0 Å². The Labute approximate surface area is 220 Å². The molecule has 1 fully saturated rings. The van der Waals surface area contributed by atoms with Crippen LogP contribution in [0.4, 0.5) is 14.9 Å². The van der Waals surface area contributed by atoms with Gasteiger partial charge in [-0.05, 0) is 65.6 Å². The smallest absolute Gasteiger partial charge is 0.411 e. The number of carbonyl (C=O) groups excluding carboxylic acids is 3. The number of halogens is 1. The summed E-state index contributed by atoms with van der Waals surface area (Å²) in [6.07, 6.45) is -1.50. The average Bonchev–Trinajstić information content (AvgIpc) is 3.24. The van der Waals surface area contributed by atoms with Crippen LogP contribution >= 0.6 is 0 Å². The number of benzene rings is 3. The summed E-state index contributed by atoms with van der Waals surface area (Å²) in [4.78, 5) is 40.1. The molecule has 198 valence electrons. The van der Waals surface area contributed by atoms with Crippen LogP contribution in [0.15, 0.2) is 72.8 Å². The number of methoxy groups -OCH3 is 1. The molecule has 0 bridgehead atoms. The highest BCUT2D eigenvalue weighted by molar-refractivity contribution is 6.04. The Kier molecular flexibility index (Phi) is 8.25. The number of ether oxygens (including phenoxy) is 2. The number of nitrogens with zero attached hydrogens (tertiary/aromatic N) is 1. The van der Waals surface area contributed by atoms with Crippen molar-refractivity contribution in [2.24, 2.45) is 5.92 Å². The molecule has 3 aromatic rings. The fraction of sp³-hybridized carbons (Fsp3) is 0.276. The lowest BCUT2D eigenvalue weighted by atomic mass is 10.00. The van der Waals surface area contributed by atoms with Crippen LogP contribution in [0.25, 0.3) is 0 Å². The molecule has 0 radical (unpaired) electrons. The molecule has 3 amide bonds. The molecular weight excluding hydrogens is 489 g/mol. The van der Waals surface area contributed by atoms with Crippen molar-refractivity contribution in [1.82, 2.24) is 10.2 Å². The highest BCUT2D eigenvalue weighted by Gasteiger charge is 2.46. The summed E-state index contributed by atoms with van der Waals surface area (Å²) in [5, 5.41) is 5.72. The zero-order chi connectivity index (χ0) is 27.2. The van der Waals surface area contributed by atoms with Crippen molar-refractivity contribution < 1.29 is 28.2 Å². The normalized spacial score (nSPS) is 16.8. The van der Waals surface area contributed by atoms with Gasteiger partial charge >= 0.3 is 6.09 Å². The summed E-state index contributed by atoms with van der Waals surface area (Å²) in [7, 11) is 1.55. The third kappa shape index (κ3) is 6.29. The van der Waals surface area contributed by atoms with Crippen LogP contribution in [0.5, 0.6) is 5.75 Å². The number of carbonyl (C=O) groups is 3. The van der Waals surface area contributed by atoms with E-state index in [9.17, 15) is 18.8 Å². The Hall–Kier alpha value is -4.40. The summed E-state index contributed by atoms with van der Waals surface area (Å²) in [6.45, 7) is 4.48. The summed E-state index contributed by atoms with van der Waals surface area (Å²) in [5.74, 6) is -0.147. The van der Waals surface area contributed by atoms with Gasteiger partial charge in [0.15, 0.2) is 12.1 Å². The van der Waals surface area contributed by atoms with E-state index in [1.165, 1.54) is 17.0 Å². The van der Waals surface area contributed by atoms with Crippen molar-refractivity contribution in [1.29, 1.82) is 0 Å². The fourth-order valence-corrected chi connectivity index (χ4v) is 4.11. The lowest BCUT2D eigenvalue weighted by molar-refractivity contribution is -0.126. The van der Waals surface area contributed by atoms with E-state index < -0.39 is 18.2 Å². The molecule has 1 aliphatic rings. The van der Waals surface area contributed by atoms with E-state index >= 15 is 0 Å². The topological polar surface area (TPSA) is 97.0 Å². The monoisotopic (exact) mass is 519 g/mol. The highest BCUT2D eigenvalue weighted by Crippen LogP contribution is 2.34. The molecule has 8 nitrogen and oxygen atoms in total. The Morgan fingerprint density at radius 2 is 1.66 bits per heavy atom. The van der Waals surface area contributed by atoms with Gasteiger partial charge in [-0.25, -0.2) is 9.18 Å². The Morgan fingerprint density at radius 1 is 1.00 bits per heavy atom. The molecule has 3 aromatic carbocycles. The minimum Gasteiger partial charge on any atom is -0.497 e. The lowest BCUT2D eigenvalue weighted by Crippen LogP contribution is -2.47. The van der Waals surface area contributed by atoms with Crippen LogP contribution in [0, 0.1) is 11.7 Å². The first-order valence-electron chi connectivity index (χ1n) is 12.3. The van der Waals surface area contributed by atoms with Gasteiger partial charge in [0.25, 0.3) is 5.91 Å². The number of nitrogens with one attached hydrogen (secondary N) is 2. The van der Waals surface area contributed by atoms with Gasteiger partial charge in [0, 0.05) is 17.8 Å². The molecule has 1 heterocycles. The quantitative estimate of drug-likeness (QED) is 0.418. The van der Waals surface area contributed by atoms with Gasteiger partial charge in [0.2, 0.25) is 5.91 Å². The Balaban J connectivity index is 1.52. The Bertz CT molecular complexity index is 1280. The molecule has 2 N–H and O–H groups in total. The van der Waals surface area contributed by atoms with Crippen LogP contribution in [-0.2, 0) is 16.1 Å². The minimum atomic E-state index is -0.925. The predicted molar refractivity (Wildman–Crippen MR) is 140 cm³/mol. The molecule has 0 spiro atoms. The molecule has 1 saturated heterocycles. The standard InChI is InChI=1S/C29H30FN3O5/c1-18(2)16-31-28(35)25-26(38-29(36)33(25)17-19-4-10-22(30)11-5-19)20-6-12-23(13-7-20)32-27(34)21-8-14-24(37-3)15-9-21/h4-15,18,25-26H,16-17H2,1-3H3,(H,31,35)(H,32,34)/t25-,26+/m1/s1. The molecule has 0 aromatic heterocycles. The van der Waals surface area contributed by atoms with Crippen molar-refractivity contribution in [3.8, 4) is 5.75 Å². The third-order valence-corrected chi connectivity index (χ3v) is 6.15. The number of anilines is 1. The maximum absolute atomic E-state index is 13.4. The van der Waals surface area contributed by atoms with Crippen molar-refractivity contribution in [3.05, 3.63) is 95.3 Å². The third-order valence-electron chi connectivity index (χ3n) is 6.15. The summed E-state index contributed by atoms with van der Waals surface area (Å²) < 4.78 is 24.2. The highest BCUT2D eigenvalue weighted by atomic mass is 19.1. The van der Waals surface area contributed by atoms with Crippen LogP contribution < -0.4 is 15.4 Å². The maximum atomic E-state index is 13.4. The average molecular weight is 520 g/mol. The zero-order valence-corrected chi connectivity index (χ0v) is 21.4. The van der Waals surface area contributed by atoms with Gasteiger partial charge in [-0.2, -0.15) is 0 Å². The fourth-order valence-electron chi connectivity index (χ4n) is 4.11. The molecule has 9 heteroatoms. The van der Waals surface area contributed by atoms with Gasteiger partial charge in [-0.3, -0.25) is 14.5 Å². The largest absolute Gasteiger partial charge is 0.497 e. The molecule has 0 unspecified atom stereocenters.